The van der Waals surface area contributed by atoms with Crippen molar-refractivity contribution < 1.29 is 24.2 Å². The molecule has 196 valence electrons. The molecule has 2 atom stereocenters. The number of amides is 1. The highest BCUT2D eigenvalue weighted by Crippen LogP contribution is 2.42. The maximum absolute atomic E-state index is 13.4. The van der Waals surface area contributed by atoms with Crippen molar-refractivity contribution in [2.45, 2.75) is 58.2 Å². The van der Waals surface area contributed by atoms with Gasteiger partial charge in [-0.2, -0.15) is 0 Å². The predicted molar refractivity (Wildman–Crippen MR) is 144 cm³/mol. The molecule has 0 aliphatic carbocycles. The molecule has 2 aliphatic rings. The maximum Gasteiger partial charge on any atom is 0.295 e. The summed E-state index contributed by atoms with van der Waals surface area (Å²) in [4.78, 5) is 32.4. The van der Waals surface area contributed by atoms with E-state index in [1.807, 2.05) is 49.4 Å². The highest BCUT2D eigenvalue weighted by Gasteiger charge is 2.46. The van der Waals surface area contributed by atoms with Gasteiger partial charge in [-0.1, -0.05) is 31.9 Å². The highest BCUT2D eigenvalue weighted by molar-refractivity contribution is 6.46. The van der Waals surface area contributed by atoms with E-state index >= 15 is 0 Å². The molecule has 0 unspecified atom stereocenters. The number of unbranched alkanes of at least 4 members (excludes halogenated alkanes) is 2. The van der Waals surface area contributed by atoms with Gasteiger partial charge < -0.3 is 19.5 Å². The van der Waals surface area contributed by atoms with E-state index in [9.17, 15) is 14.7 Å². The molecule has 2 aromatic carbocycles. The first kappa shape index (κ1) is 25.5. The van der Waals surface area contributed by atoms with Crippen LogP contribution in [0.15, 0.2) is 72.6 Å². The van der Waals surface area contributed by atoms with Gasteiger partial charge in [-0.25, -0.2) is 0 Å². The van der Waals surface area contributed by atoms with Gasteiger partial charge in [0, 0.05) is 30.9 Å². The molecule has 2 aliphatic heterocycles. The molecule has 7 heteroatoms. The second kappa shape index (κ2) is 11.1. The Morgan fingerprint density at radius 2 is 1.92 bits per heavy atom. The molecular weight excluding hydrogens is 480 g/mol. The summed E-state index contributed by atoms with van der Waals surface area (Å²) in [5.41, 5.74) is 3.06. The van der Waals surface area contributed by atoms with Crippen molar-refractivity contribution in [1.29, 1.82) is 0 Å². The number of Topliss-reactive ketones (excluding diaryl/α,β-unsaturated/α-hetero) is 1. The summed E-state index contributed by atoms with van der Waals surface area (Å²) in [6, 6.07) is 15.7. The number of aliphatic hydroxyl groups is 1. The Morgan fingerprint density at radius 1 is 1.11 bits per heavy atom. The highest BCUT2D eigenvalue weighted by atomic mass is 16.5. The number of pyridine rings is 1. The van der Waals surface area contributed by atoms with Crippen LogP contribution in [0.3, 0.4) is 0 Å². The summed E-state index contributed by atoms with van der Waals surface area (Å²) in [7, 11) is 0. The summed E-state index contributed by atoms with van der Waals surface area (Å²) in [6.07, 6.45) is 7.19. The molecule has 3 heterocycles. The summed E-state index contributed by atoms with van der Waals surface area (Å²) >= 11 is 0. The molecule has 5 rings (SSSR count). The van der Waals surface area contributed by atoms with E-state index in [2.05, 4.69) is 11.9 Å². The van der Waals surface area contributed by atoms with Crippen molar-refractivity contribution >= 4 is 17.4 Å². The largest absolute Gasteiger partial charge is 0.507 e. The second-order valence-corrected chi connectivity index (χ2v) is 9.87. The Labute approximate surface area is 222 Å². The Kier molecular flexibility index (Phi) is 7.45. The fraction of sp³-hybridized carbons (Fsp3) is 0.323. The van der Waals surface area contributed by atoms with Crippen LogP contribution >= 0.6 is 0 Å². The third-order valence-electron chi connectivity index (χ3n) is 7.00. The standard InChI is InChI=1S/C31H32N2O5/c1-3-4-5-15-37-25-8-6-7-22(18-25)28-27(29(34)23-9-10-26-24(17-23)16-20(2)38-26)30(35)31(36)33(28)19-21-11-13-32-14-12-21/h6-14,17-18,20,28,34H,3-5,15-16,19H2,1-2H3/t20-,28-/m1/s1. The van der Waals surface area contributed by atoms with E-state index in [0.717, 1.165) is 36.1 Å². The van der Waals surface area contributed by atoms with Gasteiger partial charge in [-0.3, -0.25) is 14.6 Å². The zero-order valence-corrected chi connectivity index (χ0v) is 21.7. The SMILES string of the molecule is CCCCCOc1cccc([C@@H]2C(=C(O)c3ccc4c(c3)C[C@@H](C)O4)C(=O)C(=O)N2Cc2ccncc2)c1. The number of likely N-dealkylation sites (tertiary alicyclic amines) is 1. The Hall–Kier alpha value is -4.13. The molecule has 0 radical (unpaired) electrons. The Morgan fingerprint density at radius 3 is 2.71 bits per heavy atom. The quantitative estimate of drug-likeness (QED) is 0.174. The molecule has 1 amide bonds. The summed E-state index contributed by atoms with van der Waals surface area (Å²) < 4.78 is 11.8. The van der Waals surface area contributed by atoms with E-state index in [1.165, 1.54) is 4.90 Å². The fourth-order valence-electron chi connectivity index (χ4n) is 5.12. The lowest BCUT2D eigenvalue weighted by atomic mass is 9.94. The van der Waals surface area contributed by atoms with Crippen LogP contribution in [0.2, 0.25) is 0 Å². The molecule has 0 saturated carbocycles. The topological polar surface area (TPSA) is 89.0 Å². The summed E-state index contributed by atoms with van der Waals surface area (Å²) in [5, 5.41) is 11.5. The van der Waals surface area contributed by atoms with Crippen molar-refractivity contribution in [2.75, 3.05) is 6.61 Å². The summed E-state index contributed by atoms with van der Waals surface area (Å²) in [5.74, 6) is -0.114. The van der Waals surface area contributed by atoms with E-state index in [4.69, 9.17) is 9.47 Å². The Balaban J connectivity index is 1.56. The van der Waals surface area contributed by atoms with Crippen molar-refractivity contribution in [3.8, 4) is 11.5 Å². The van der Waals surface area contributed by atoms with Gasteiger partial charge >= 0.3 is 0 Å². The normalized spacial score (nSPS) is 19.9. The smallest absolute Gasteiger partial charge is 0.295 e. The minimum atomic E-state index is -0.772. The van der Waals surface area contributed by atoms with Gasteiger partial charge in [0.25, 0.3) is 11.7 Å². The first-order chi connectivity index (χ1) is 18.5. The van der Waals surface area contributed by atoms with E-state index < -0.39 is 17.7 Å². The minimum Gasteiger partial charge on any atom is -0.507 e. The Bertz CT molecular complexity index is 1370. The number of rotatable bonds is 9. The van der Waals surface area contributed by atoms with Crippen LogP contribution in [-0.2, 0) is 22.6 Å². The average Bonchev–Trinajstić information content (AvgIpc) is 3.42. The van der Waals surface area contributed by atoms with Crippen LogP contribution in [0.25, 0.3) is 5.76 Å². The molecule has 1 saturated heterocycles. The van der Waals surface area contributed by atoms with Gasteiger partial charge in [0.2, 0.25) is 0 Å². The van der Waals surface area contributed by atoms with Crippen molar-refractivity contribution in [1.82, 2.24) is 9.88 Å². The fourth-order valence-corrected chi connectivity index (χ4v) is 5.12. The molecule has 7 nitrogen and oxygen atoms in total. The molecule has 0 bridgehead atoms. The van der Waals surface area contributed by atoms with E-state index in [0.29, 0.717) is 29.9 Å². The number of fused-ring (bicyclic) bond motifs is 1. The number of nitrogens with zero attached hydrogens (tertiary/aromatic N) is 2. The van der Waals surface area contributed by atoms with Gasteiger partial charge in [-0.05, 0) is 72.5 Å². The molecule has 38 heavy (non-hydrogen) atoms. The zero-order chi connectivity index (χ0) is 26.6. The van der Waals surface area contributed by atoms with Gasteiger partial charge in [0.1, 0.15) is 23.4 Å². The number of ketones is 1. The molecule has 1 fully saturated rings. The lowest BCUT2D eigenvalue weighted by molar-refractivity contribution is -0.140. The molecule has 1 N–H and O–H groups in total. The molecular formula is C31H32N2O5. The third kappa shape index (κ3) is 5.14. The number of ether oxygens (including phenoxy) is 2. The summed E-state index contributed by atoms with van der Waals surface area (Å²) in [6.45, 7) is 4.92. The van der Waals surface area contributed by atoms with Gasteiger partial charge in [0.05, 0.1) is 18.2 Å². The average molecular weight is 513 g/mol. The number of hydrogen-bond acceptors (Lipinski definition) is 6. The molecule has 1 aromatic heterocycles. The molecule has 3 aromatic rings. The number of hydrogen-bond donors (Lipinski definition) is 1. The van der Waals surface area contributed by atoms with Crippen molar-refractivity contribution in [3.63, 3.8) is 0 Å². The predicted octanol–water partition coefficient (Wildman–Crippen LogP) is 5.60. The van der Waals surface area contributed by atoms with E-state index in [1.54, 1.807) is 24.5 Å². The van der Waals surface area contributed by atoms with Gasteiger partial charge in [0.15, 0.2) is 0 Å². The number of carbonyl (C=O) groups excluding carboxylic acids is 2. The van der Waals surface area contributed by atoms with E-state index in [-0.39, 0.29) is 24.0 Å². The second-order valence-electron chi connectivity index (χ2n) is 9.87. The zero-order valence-electron chi connectivity index (χ0n) is 21.7. The first-order valence-corrected chi connectivity index (χ1v) is 13.2. The first-order valence-electron chi connectivity index (χ1n) is 13.2. The molecule has 0 spiro atoms. The third-order valence-corrected chi connectivity index (χ3v) is 7.00. The van der Waals surface area contributed by atoms with Gasteiger partial charge in [-0.15, -0.1) is 0 Å². The minimum absolute atomic E-state index is 0.0494. The maximum atomic E-state index is 13.4. The number of aliphatic hydroxyl groups excluding tert-OH is 1. The van der Waals surface area contributed by atoms with Crippen LogP contribution < -0.4 is 9.47 Å². The van der Waals surface area contributed by atoms with Crippen LogP contribution in [0.4, 0.5) is 0 Å². The number of benzene rings is 2. The lowest BCUT2D eigenvalue weighted by Crippen LogP contribution is -2.29. The van der Waals surface area contributed by atoms with Crippen LogP contribution in [-0.4, -0.2) is 39.4 Å². The van der Waals surface area contributed by atoms with Crippen LogP contribution in [0, 0.1) is 0 Å². The van der Waals surface area contributed by atoms with Crippen LogP contribution in [0.1, 0.15) is 61.4 Å². The lowest BCUT2D eigenvalue weighted by Gasteiger charge is -2.26. The van der Waals surface area contributed by atoms with Crippen LogP contribution in [0.5, 0.6) is 11.5 Å². The number of aromatic nitrogens is 1. The van der Waals surface area contributed by atoms with Crippen molar-refractivity contribution in [2.24, 2.45) is 0 Å². The number of carbonyl (C=O) groups is 2. The monoisotopic (exact) mass is 512 g/mol. The van der Waals surface area contributed by atoms with Crippen molar-refractivity contribution in [3.05, 3.63) is 94.8 Å².